The molecule has 3 saturated heterocycles. The van der Waals surface area contributed by atoms with Gasteiger partial charge < -0.3 is 19.5 Å². The first-order chi connectivity index (χ1) is 25.2. The topological polar surface area (TPSA) is 95.9 Å². The summed E-state index contributed by atoms with van der Waals surface area (Å²) < 4.78 is 38.2. The molecular weight excluding hydrogens is 664 g/mol. The van der Waals surface area contributed by atoms with Gasteiger partial charge in [0.15, 0.2) is 0 Å². The first-order valence-electron chi connectivity index (χ1n) is 18.5. The summed E-state index contributed by atoms with van der Waals surface area (Å²) in [6.07, 6.45) is 8.97. The van der Waals surface area contributed by atoms with Gasteiger partial charge in [-0.2, -0.15) is 0 Å². The first-order valence-corrected chi connectivity index (χ1v) is 18.5. The van der Waals surface area contributed by atoms with Crippen LogP contribution < -0.4 is 25.8 Å². The molecule has 0 saturated carbocycles. The van der Waals surface area contributed by atoms with E-state index in [1.807, 2.05) is 24.3 Å². The van der Waals surface area contributed by atoms with Crippen molar-refractivity contribution >= 4 is 34.0 Å². The maximum atomic E-state index is 15.8. The minimum Gasteiger partial charge on any atom is -0.496 e. The Kier molecular flexibility index (Phi) is 10.6. The van der Waals surface area contributed by atoms with Gasteiger partial charge in [-0.25, -0.2) is 8.78 Å². The summed E-state index contributed by atoms with van der Waals surface area (Å²) in [5, 5.41) is 6.76. The fourth-order valence-electron chi connectivity index (χ4n) is 8.23. The van der Waals surface area contributed by atoms with E-state index < -0.39 is 6.04 Å². The molecule has 1 unspecified atom stereocenters. The van der Waals surface area contributed by atoms with Crippen molar-refractivity contribution < 1.29 is 23.1 Å². The number of methoxy groups -OCH3 is 1. The second-order valence-electron chi connectivity index (χ2n) is 14.7. The molecule has 2 N–H and O–H groups in total. The van der Waals surface area contributed by atoms with Crippen molar-refractivity contribution in [2.24, 2.45) is 18.9 Å². The Morgan fingerprint density at radius 2 is 1.54 bits per heavy atom. The van der Waals surface area contributed by atoms with Crippen molar-refractivity contribution in [1.82, 2.24) is 14.8 Å². The van der Waals surface area contributed by atoms with Crippen molar-refractivity contribution in [3.8, 4) is 16.9 Å². The Balaban J connectivity index is 0.883. The molecule has 3 aromatic carbocycles. The molecule has 4 aromatic rings. The van der Waals surface area contributed by atoms with E-state index in [1.54, 1.807) is 44.6 Å². The Hall–Kier alpha value is -4.77. The number of benzene rings is 3. The van der Waals surface area contributed by atoms with Crippen LogP contribution in [0.15, 0.2) is 65.6 Å². The highest BCUT2D eigenvalue weighted by atomic mass is 19.1. The number of pyridine rings is 1. The zero-order valence-corrected chi connectivity index (χ0v) is 29.9. The largest absolute Gasteiger partial charge is 0.496 e. The fraction of sp³-hybridized carbons (Fsp3) is 0.439. The van der Waals surface area contributed by atoms with Crippen molar-refractivity contribution in [1.29, 1.82) is 0 Å². The third-order valence-corrected chi connectivity index (χ3v) is 11.3. The summed E-state index contributed by atoms with van der Waals surface area (Å²) in [7, 11) is 3.29. The van der Waals surface area contributed by atoms with E-state index in [9.17, 15) is 14.4 Å². The summed E-state index contributed by atoms with van der Waals surface area (Å²) in [6, 6.07) is 15.3. The number of amides is 2. The van der Waals surface area contributed by atoms with Crippen molar-refractivity contribution in [2.45, 2.75) is 64.0 Å². The number of aryl methyl sites for hydroxylation is 1. The van der Waals surface area contributed by atoms with Crippen LogP contribution in [0.1, 0.15) is 56.9 Å². The van der Waals surface area contributed by atoms with Crippen LogP contribution in [-0.2, 0) is 23.2 Å². The number of nitrogens with zero attached hydrogens (tertiary/aromatic N) is 3. The molecule has 3 aliphatic rings. The molecule has 1 aromatic heterocycles. The van der Waals surface area contributed by atoms with Gasteiger partial charge in [-0.15, -0.1) is 0 Å². The van der Waals surface area contributed by atoms with Crippen LogP contribution >= 0.6 is 0 Å². The molecular formula is C41H47F2N5O4. The highest BCUT2D eigenvalue weighted by Crippen LogP contribution is 2.36. The predicted octanol–water partition coefficient (Wildman–Crippen LogP) is 6.62. The zero-order chi connectivity index (χ0) is 36.4. The number of fused-ring (bicyclic) bond motifs is 1. The molecule has 9 nitrogen and oxygen atoms in total. The fourth-order valence-corrected chi connectivity index (χ4v) is 8.23. The minimum atomic E-state index is -0.544. The molecule has 274 valence electrons. The van der Waals surface area contributed by atoms with Crippen LogP contribution in [-0.4, -0.2) is 60.6 Å². The molecule has 2 amide bonds. The van der Waals surface area contributed by atoms with Gasteiger partial charge in [0.1, 0.15) is 23.4 Å². The summed E-state index contributed by atoms with van der Waals surface area (Å²) in [5.74, 6) is 0.507. The van der Waals surface area contributed by atoms with E-state index in [0.717, 1.165) is 62.8 Å². The molecule has 1 atom stereocenters. The number of carbonyl (C=O) groups excluding carboxylic acids is 2. The Morgan fingerprint density at radius 3 is 2.21 bits per heavy atom. The molecule has 11 heteroatoms. The van der Waals surface area contributed by atoms with E-state index >= 15 is 8.78 Å². The highest BCUT2D eigenvalue weighted by Gasteiger charge is 2.28. The van der Waals surface area contributed by atoms with Gasteiger partial charge in [-0.3, -0.25) is 24.6 Å². The summed E-state index contributed by atoms with van der Waals surface area (Å²) in [5.41, 5.74) is 3.05. The van der Waals surface area contributed by atoms with Crippen molar-refractivity contribution in [3.63, 3.8) is 0 Å². The lowest BCUT2D eigenvalue weighted by Gasteiger charge is -2.36. The van der Waals surface area contributed by atoms with Gasteiger partial charge in [0.2, 0.25) is 11.8 Å². The number of carbonyl (C=O) groups is 2. The van der Waals surface area contributed by atoms with Crippen LogP contribution in [0.2, 0.25) is 0 Å². The summed E-state index contributed by atoms with van der Waals surface area (Å²) in [6.45, 7) is 3.92. The molecule has 7 rings (SSSR count). The third kappa shape index (κ3) is 7.70. The molecule has 0 bridgehead atoms. The van der Waals surface area contributed by atoms with Crippen LogP contribution in [0.3, 0.4) is 0 Å². The molecule has 3 fully saturated rings. The average molecular weight is 712 g/mol. The molecule has 0 aliphatic carbocycles. The van der Waals surface area contributed by atoms with Crippen LogP contribution in [0.5, 0.6) is 5.75 Å². The zero-order valence-electron chi connectivity index (χ0n) is 29.9. The molecule has 3 aliphatic heterocycles. The average Bonchev–Trinajstić information content (AvgIpc) is 3.15. The maximum absolute atomic E-state index is 15.8. The molecule has 4 heterocycles. The number of ether oxygens (including phenoxy) is 1. The number of hydrogen-bond donors (Lipinski definition) is 2. The highest BCUT2D eigenvalue weighted by molar-refractivity contribution is 6.01. The molecule has 0 spiro atoms. The van der Waals surface area contributed by atoms with Gasteiger partial charge in [0, 0.05) is 61.5 Å². The van der Waals surface area contributed by atoms with Gasteiger partial charge in [-0.05, 0) is 104 Å². The lowest BCUT2D eigenvalue weighted by Crippen LogP contribution is -2.47. The number of halogens is 2. The normalized spacial score (nSPS) is 19.2. The standard InChI is InChI=1S/C41H47F2N5O4/c1-46-24-32(30-5-3-4-6-31(30)41(46)51)28-21-34(42)33(38(22-28)52-2)25-47-17-13-26(14-18-47)7-8-27-15-19-48(20-16-27)37-11-9-29(23-35(37)43)44-36-10-12-39(49)45-40(36)50/h3-6,9,11,21-24,26-27,36,44H,7-8,10,12-20,25H2,1-2H3,(H,45,49,50). The Labute approximate surface area is 302 Å². The molecule has 52 heavy (non-hydrogen) atoms. The number of imide groups is 1. The lowest BCUT2D eigenvalue weighted by molar-refractivity contribution is -0.133. The number of likely N-dealkylation sites (tertiary alicyclic amines) is 1. The van der Waals surface area contributed by atoms with Crippen LogP contribution in [0.25, 0.3) is 21.9 Å². The summed E-state index contributed by atoms with van der Waals surface area (Å²) in [4.78, 5) is 40.6. The van der Waals surface area contributed by atoms with Crippen LogP contribution in [0, 0.1) is 23.5 Å². The maximum Gasteiger partial charge on any atom is 0.258 e. The van der Waals surface area contributed by atoms with Gasteiger partial charge in [0.25, 0.3) is 5.56 Å². The van der Waals surface area contributed by atoms with Gasteiger partial charge in [0.05, 0.1) is 12.8 Å². The Bertz CT molecular complexity index is 2020. The number of aromatic nitrogens is 1. The number of piperidine rings is 3. The molecule has 0 radical (unpaired) electrons. The third-order valence-electron chi connectivity index (χ3n) is 11.3. The van der Waals surface area contributed by atoms with Crippen molar-refractivity contribution in [2.75, 3.05) is 43.5 Å². The second kappa shape index (κ2) is 15.5. The number of rotatable bonds is 10. The second-order valence-corrected chi connectivity index (χ2v) is 14.7. The van der Waals surface area contributed by atoms with E-state index in [2.05, 4.69) is 20.4 Å². The smallest absolute Gasteiger partial charge is 0.258 e. The van der Waals surface area contributed by atoms with Crippen LogP contribution in [0.4, 0.5) is 20.2 Å². The van der Waals surface area contributed by atoms with E-state index in [1.165, 1.54) is 23.5 Å². The lowest BCUT2D eigenvalue weighted by atomic mass is 9.85. The van der Waals surface area contributed by atoms with Crippen molar-refractivity contribution in [3.05, 3.63) is 88.3 Å². The monoisotopic (exact) mass is 711 g/mol. The van der Waals surface area contributed by atoms with Gasteiger partial charge >= 0.3 is 0 Å². The SMILES string of the molecule is COc1cc(-c2cn(C)c(=O)c3ccccc23)cc(F)c1CN1CCC(CCC2CCN(c3ccc(NC4CCC(=O)NC4=O)cc3F)CC2)CC1. The number of hydrogen-bond acceptors (Lipinski definition) is 7. The minimum absolute atomic E-state index is 0.0869. The Morgan fingerprint density at radius 1 is 0.846 bits per heavy atom. The first kappa shape index (κ1) is 35.6. The summed E-state index contributed by atoms with van der Waals surface area (Å²) >= 11 is 0. The van der Waals surface area contributed by atoms with E-state index in [-0.39, 0.29) is 35.4 Å². The number of anilines is 2. The van der Waals surface area contributed by atoms with E-state index in [4.69, 9.17) is 4.74 Å². The number of nitrogens with one attached hydrogen (secondary N) is 2. The van der Waals surface area contributed by atoms with E-state index in [0.29, 0.717) is 58.4 Å². The quantitative estimate of drug-likeness (QED) is 0.179. The predicted molar refractivity (Wildman–Crippen MR) is 200 cm³/mol. The van der Waals surface area contributed by atoms with Gasteiger partial charge in [-0.1, -0.05) is 31.0 Å².